The van der Waals surface area contributed by atoms with Crippen molar-refractivity contribution in [3.63, 3.8) is 0 Å². The van der Waals surface area contributed by atoms with Crippen LogP contribution in [0.4, 0.5) is 13.2 Å². The number of ether oxygens (including phenoxy) is 1. The molecule has 1 heterocycles. The van der Waals surface area contributed by atoms with Crippen molar-refractivity contribution < 1.29 is 27.8 Å². The first kappa shape index (κ1) is 28.3. The monoisotopic (exact) mass is 531 g/mol. The maximum atomic E-state index is 14.7. The first-order chi connectivity index (χ1) is 18.5. The van der Waals surface area contributed by atoms with Crippen molar-refractivity contribution in [3.8, 4) is 5.75 Å². The Kier molecular flexibility index (Phi) is 8.38. The van der Waals surface area contributed by atoms with Crippen LogP contribution in [0.25, 0.3) is 5.57 Å². The maximum absolute atomic E-state index is 14.7. The molecule has 1 radical (unpaired) electrons. The predicted octanol–water partition coefficient (Wildman–Crippen LogP) is 7.86. The minimum Gasteiger partial charge on any atom is -0.478 e. The number of hydrogen-bond acceptors (Lipinski definition) is 2. The average molecular weight is 531 g/mol. The molecule has 0 saturated carbocycles. The highest BCUT2D eigenvalue weighted by molar-refractivity contribution is 6.56. The molecule has 1 aliphatic carbocycles. The predicted molar refractivity (Wildman–Crippen MR) is 151 cm³/mol. The van der Waals surface area contributed by atoms with Gasteiger partial charge in [-0.25, -0.2) is 4.79 Å². The molecular weight excluding hydrogens is 500 g/mol. The van der Waals surface area contributed by atoms with Crippen LogP contribution in [-0.4, -0.2) is 24.5 Å². The summed E-state index contributed by atoms with van der Waals surface area (Å²) in [5, 5.41) is 9.64. The van der Waals surface area contributed by atoms with E-state index < -0.39 is 17.7 Å². The molecule has 3 nitrogen and oxygen atoms in total. The second-order valence-corrected chi connectivity index (χ2v) is 10.0. The number of rotatable bonds is 6. The summed E-state index contributed by atoms with van der Waals surface area (Å²) in [4.78, 5) is 11.8. The van der Waals surface area contributed by atoms with Crippen molar-refractivity contribution in [1.29, 1.82) is 0 Å². The van der Waals surface area contributed by atoms with E-state index in [1.165, 1.54) is 6.07 Å². The smallest absolute Gasteiger partial charge is 0.420 e. The summed E-state index contributed by atoms with van der Waals surface area (Å²) in [6.45, 7) is 7.55. The van der Waals surface area contributed by atoms with Gasteiger partial charge in [-0.15, -0.1) is 0 Å². The van der Waals surface area contributed by atoms with Crippen LogP contribution in [0.1, 0.15) is 66.5 Å². The molecule has 2 atom stereocenters. The lowest BCUT2D eigenvalue weighted by molar-refractivity contribution is -0.0895. The van der Waals surface area contributed by atoms with E-state index >= 15 is 0 Å². The fourth-order valence-corrected chi connectivity index (χ4v) is 5.00. The van der Waals surface area contributed by atoms with E-state index in [1.807, 2.05) is 53.2 Å². The molecule has 0 saturated heterocycles. The van der Waals surface area contributed by atoms with Crippen molar-refractivity contribution in [3.05, 3.63) is 112 Å². The van der Waals surface area contributed by atoms with E-state index in [-0.39, 0.29) is 28.6 Å². The number of alkyl halides is 3. The molecule has 0 amide bonds. The van der Waals surface area contributed by atoms with Crippen LogP contribution in [0.3, 0.4) is 0 Å². The molecule has 0 bridgehead atoms. The van der Waals surface area contributed by atoms with Gasteiger partial charge in [0.25, 0.3) is 0 Å². The van der Waals surface area contributed by atoms with E-state index in [1.54, 1.807) is 48.6 Å². The van der Waals surface area contributed by atoms with Crippen molar-refractivity contribution in [1.82, 2.24) is 0 Å². The second-order valence-electron chi connectivity index (χ2n) is 10.0. The quantitative estimate of drug-likeness (QED) is 0.386. The molecule has 2 aromatic carbocycles. The molecule has 1 N–H and O–H groups in total. The van der Waals surface area contributed by atoms with Gasteiger partial charge >= 0.3 is 12.1 Å². The van der Waals surface area contributed by atoms with Crippen LogP contribution < -0.4 is 10.2 Å². The summed E-state index contributed by atoms with van der Waals surface area (Å²) in [5.41, 5.74) is 2.25. The Bertz CT molecular complexity index is 1430. The third-order valence-electron chi connectivity index (χ3n) is 6.85. The number of benzene rings is 2. The molecule has 201 valence electrons. The van der Waals surface area contributed by atoms with Crippen LogP contribution in [0, 0.1) is 12.8 Å². The summed E-state index contributed by atoms with van der Waals surface area (Å²) in [6, 6.07) is 10.3. The molecule has 2 aromatic rings. The largest absolute Gasteiger partial charge is 0.478 e. The van der Waals surface area contributed by atoms with Gasteiger partial charge in [-0.1, -0.05) is 87.0 Å². The van der Waals surface area contributed by atoms with E-state index in [0.717, 1.165) is 5.56 Å². The number of allylic oxidation sites excluding steroid dienone is 8. The molecule has 2 unspecified atom stereocenters. The molecule has 0 fully saturated rings. The van der Waals surface area contributed by atoms with Crippen LogP contribution in [0.15, 0.2) is 89.8 Å². The molecule has 2 aliphatic rings. The summed E-state index contributed by atoms with van der Waals surface area (Å²) >= 11 is 0. The molecule has 0 spiro atoms. The number of carboxylic acids is 1. The van der Waals surface area contributed by atoms with Crippen LogP contribution in [0.5, 0.6) is 5.75 Å². The number of fused-ring (bicyclic) bond motifs is 1. The van der Waals surface area contributed by atoms with Gasteiger partial charge in [-0.3, -0.25) is 0 Å². The Morgan fingerprint density at radius 3 is 2.67 bits per heavy atom. The normalized spacial score (nSPS) is 22.1. The van der Waals surface area contributed by atoms with E-state index in [2.05, 4.69) is 0 Å². The molecule has 39 heavy (non-hydrogen) atoms. The summed E-state index contributed by atoms with van der Waals surface area (Å²) in [5.74, 6) is -1.07. The standard InChI is InChI=1S/C32H31BF3O3/c1-5-10-23-26-18-20(3)17-25(21(4)33-27-14-9-8-13-24(27)31(37)38)30(26)39-29(28(23)32(34,35)36)22-12-7-6-11-19(2)15-16-22/h6-14,16-19,21H,5,15H2,1-4H3,(H,37,38)/b11-6+,12-7-,22-16-,23-10+. The summed E-state index contributed by atoms with van der Waals surface area (Å²) < 4.78 is 50.5. The summed E-state index contributed by atoms with van der Waals surface area (Å²) in [6.07, 6.45) is 6.99. The third-order valence-corrected chi connectivity index (χ3v) is 6.85. The third kappa shape index (κ3) is 6.13. The number of aryl methyl sites for hydroxylation is 1. The van der Waals surface area contributed by atoms with Gasteiger partial charge in [0.2, 0.25) is 0 Å². The topological polar surface area (TPSA) is 46.5 Å². The highest BCUT2D eigenvalue weighted by Gasteiger charge is 2.44. The second kappa shape index (κ2) is 11.6. The highest BCUT2D eigenvalue weighted by atomic mass is 19.4. The Morgan fingerprint density at radius 1 is 1.23 bits per heavy atom. The van der Waals surface area contributed by atoms with Gasteiger partial charge in [0.05, 0.1) is 5.56 Å². The first-order valence-electron chi connectivity index (χ1n) is 13.1. The number of carbonyl (C=O) groups is 1. The van der Waals surface area contributed by atoms with Crippen molar-refractivity contribution >= 4 is 24.3 Å². The van der Waals surface area contributed by atoms with Gasteiger partial charge < -0.3 is 9.84 Å². The molecule has 7 heteroatoms. The number of hydrogen-bond donors (Lipinski definition) is 1. The molecular formula is C32H31BF3O3. The molecule has 1 aliphatic heterocycles. The lowest BCUT2D eigenvalue weighted by Gasteiger charge is -2.31. The van der Waals surface area contributed by atoms with Gasteiger partial charge in [0.15, 0.2) is 7.28 Å². The zero-order chi connectivity index (χ0) is 28.3. The van der Waals surface area contributed by atoms with Crippen molar-refractivity contribution in [2.24, 2.45) is 5.92 Å². The zero-order valence-corrected chi connectivity index (χ0v) is 22.5. The summed E-state index contributed by atoms with van der Waals surface area (Å²) in [7, 11) is 1.81. The van der Waals surface area contributed by atoms with Gasteiger partial charge in [0.1, 0.15) is 17.1 Å². The van der Waals surface area contributed by atoms with Gasteiger partial charge in [-0.05, 0) is 60.3 Å². The van der Waals surface area contributed by atoms with Crippen molar-refractivity contribution in [2.45, 2.75) is 52.5 Å². The zero-order valence-electron chi connectivity index (χ0n) is 22.5. The Labute approximate surface area is 228 Å². The van der Waals surface area contributed by atoms with Crippen LogP contribution in [0.2, 0.25) is 0 Å². The SMILES string of the molecule is CC/C=C1C(C(F)(F)F)=C(C2=C\CC(C)/C=C/C=C\2)Oc2c/1cc(C)cc2C(C)[B]c1ccccc1C(=O)O. The maximum Gasteiger partial charge on any atom is 0.420 e. The first-order valence-corrected chi connectivity index (χ1v) is 13.1. The number of halogens is 3. The van der Waals surface area contributed by atoms with Crippen LogP contribution in [-0.2, 0) is 0 Å². The fraction of sp³-hybridized carbons (Fsp3) is 0.281. The van der Waals surface area contributed by atoms with Gasteiger partial charge in [0, 0.05) is 11.1 Å². The van der Waals surface area contributed by atoms with Crippen LogP contribution >= 0.6 is 0 Å². The average Bonchev–Trinajstić information content (AvgIpc) is 2.85. The molecule has 4 rings (SSSR count). The van der Waals surface area contributed by atoms with E-state index in [9.17, 15) is 23.1 Å². The van der Waals surface area contributed by atoms with E-state index in [4.69, 9.17) is 4.74 Å². The molecule has 0 aromatic heterocycles. The number of aromatic carboxylic acids is 1. The Morgan fingerprint density at radius 2 is 1.97 bits per heavy atom. The minimum atomic E-state index is -4.64. The highest BCUT2D eigenvalue weighted by Crippen LogP contribution is 2.50. The van der Waals surface area contributed by atoms with Crippen molar-refractivity contribution in [2.75, 3.05) is 0 Å². The van der Waals surface area contributed by atoms with Gasteiger partial charge in [-0.2, -0.15) is 13.2 Å². The minimum absolute atomic E-state index is 0.101. The number of carboxylic acid groups (broad SMARTS) is 1. The lowest BCUT2D eigenvalue weighted by Crippen LogP contribution is -2.28. The lowest BCUT2D eigenvalue weighted by atomic mass is 9.56. The van der Waals surface area contributed by atoms with E-state index in [0.29, 0.717) is 40.8 Å². The Hall–Kier alpha value is -3.74. The fourth-order valence-electron chi connectivity index (χ4n) is 5.00. The Balaban J connectivity index is 1.91.